The molecule has 1 saturated heterocycles. The van der Waals surface area contributed by atoms with Crippen LogP contribution < -0.4 is 0 Å². The fraction of sp³-hybridized carbons (Fsp3) is 0.769. The zero-order valence-electron chi connectivity index (χ0n) is 10.8. The van der Waals surface area contributed by atoms with Crippen LogP contribution in [0.5, 0.6) is 0 Å². The van der Waals surface area contributed by atoms with Crippen molar-refractivity contribution >= 4 is 0 Å². The molecule has 96 valence electrons. The molecule has 2 N–H and O–H groups in total. The minimum Gasteiger partial charge on any atom is -0.396 e. The average molecular weight is 237 g/mol. The van der Waals surface area contributed by atoms with Gasteiger partial charge in [-0.1, -0.05) is 0 Å². The van der Waals surface area contributed by atoms with E-state index in [4.69, 9.17) is 5.11 Å². The summed E-state index contributed by atoms with van der Waals surface area (Å²) in [5, 5.41) is 16.3. The molecule has 1 unspecified atom stereocenters. The molecule has 17 heavy (non-hydrogen) atoms. The second-order valence-electron chi connectivity index (χ2n) is 5.22. The first-order chi connectivity index (χ1) is 8.20. The van der Waals surface area contributed by atoms with Gasteiger partial charge in [-0.05, 0) is 39.3 Å². The molecule has 1 aliphatic rings. The molecule has 1 fully saturated rings. The Morgan fingerprint density at radius 1 is 1.59 bits per heavy atom. The smallest absolute Gasteiger partial charge is 0.0668 e. The van der Waals surface area contributed by atoms with E-state index in [0.29, 0.717) is 18.4 Å². The van der Waals surface area contributed by atoms with E-state index in [-0.39, 0.29) is 6.61 Å². The summed E-state index contributed by atoms with van der Waals surface area (Å²) in [5.74, 6) is 0.551. The van der Waals surface area contributed by atoms with Crippen LogP contribution in [0.1, 0.15) is 44.0 Å². The van der Waals surface area contributed by atoms with E-state index in [1.807, 2.05) is 0 Å². The predicted molar refractivity (Wildman–Crippen MR) is 68.1 cm³/mol. The molecule has 0 saturated carbocycles. The number of likely N-dealkylation sites (tertiary alicyclic amines) is 1. The lowest BCUT2D eigenvalue weighted by Crippen LogP contribution is -2.39. The number of aliphatic hydroxyl groups excluding tert-OH is 1. The number of nitrogens with zero attached hydrogens (tertiary/aromatic N) is 2. The van der Waals surface area contributed by atoms with E-state index in [9.17, 15) is 0 Å². The molecule has 2 rings (SSSR count). The van der Waals surface area contributed by atoms with Crippen molar-refractivity contribution in [2.24, 2.45) is 0 Å². The van der Waals surface area contributed by atoms with Gasteiger partial charge in [-0.3, -0.25) is 5.10 Å². The third-order valence-electron chi connectivity index (χ3n) is 3.63. The lowest BCUT2D eigenvalue weighted by atomic mass is 9.94. The maximum Gasteiger partial charge on any atom is 0.0668 e. The van der Waals surface area contributed by atoms with E-state index in [1.54, 1.807) is 0 Å². The van der Waals surface area contributed by atoms with Gasteiger partial charge in [-0.25, -0.2) is 0 Å². The van der Waals surface area contributed by atoms with Gasteiger partial charge in [0.15, 0.2) is 0 Å². The van der Waals surface area contributed by atoms with Crippen LogP contribution in [-0.4, -0.2) is 45.9 Å². The van der Waals surface area contributed by atoms with Gasteiger partial charge in [0.2, 0.25) is 0 Å². The zero-order chi connectivity index (χ0) is 12.3. The highest BCUT2D eigenvalue weighted by Gasteiger charge is 2.24. The Bertz CT molecular complexity index is 348. The highest BCUT2D eigenvalue weighted by molar-refractivity contribution is 5.14. The van der Waals surface area contributed by atoms with E-state index in [2.05, 4.69) is 35.0 Å². The first kappa shape index (κ1) is 12.6. The molecule has 1 atom stereocenters. The van der Waals surface area contributed by atoms with Crippen molar-refractivity contribution in [2.75, 3.05) is 19.7 Å². The van der Waals surface area contributed by atoms with Crippen LogP contribution in [0.3, 0.4) is 0 Å². The molecule has 1 aromatic heterocycles. The lowest BCUT2D eigenvalue weighted by molar-refractivity contribution is 0.166. The van der Waals surface area contributed by atoms with Crippen molar-refractivity contribution in [3.05, 3.63) is 17.5 Å². The summed E-state index contributed by atoms with van der Waals surface area (Å²) in [5.41, 5.74) is 2.21. The van der Waals surface area contributed by atoms with E-state index >= 15 is 0 Å². The number of aromatic nitrogens is 2. The van der Waals surface area contributed by atoms with Crippen molar-refractivity contribution < 1.29 is 5.11 Å². The quantitative estimate of drug-likeness (QED) is 0.835. The van der Waals surface area contributed by atoms with Crippen molar-refractivity contribution in [1.82, 2.24) is 15.1 Å². The number of aliphatic hydroxyl groups is 1. The summed E-state index contributed by atoms with van der Waals surface area (Å²) in [6, 6.07) is 2.73. The molecule has 0 spiro atoms. The third-order valence-corrected chi connectivity index (χ3v) is 3.63. The maximum absolute atomic E-state index is 8.90. The van der Waals surface area contributed by atoms with Gasteiger partial charge in [0.25, 0.3) is 0 Å². The summed E-state index contributed by atoms with van der Waals surface area (Å²) in [6.45, 7) is 7.02. The van der Waals surface area contributed by atoms with Crippen LogP contribution in [0.25, 0.3) is 0 Å². The highest BCUT2D eigenvalue weighted by atomic mass is 16.3. The molecule has 1 aromatic rings. The minimum absolute atomic E-state index is 0.185. The topological polar surface area (TPSA) is 52.1 Å². The Balaban J connectivity index is 2.00. The standard InChI is InChI=1S/C13H23N3O/c1-10(2)16-6-3-4-11(9-16)13-8-12(5-7-17)14-15-13/h8,10-11,17H,3-7,9H2,1-2H3,(H,14,15). The first-order valence-corrected chi connectivity index (χ1v) is 6.59. The number of hydrogen-bond donors (Lipinski definition) is 2. The molecule has 1 aliphatic heterocycles. The van der Waals surface area contributed by atoms with Crippen molar-refractivity contribution in [2.45, 2.75) is 45.1 Å². The van der Waals surface area contributed by atoms with E-state index in [0.717, 1.165) is 12.2 Å². The van der Waals surface area contributed by atoms with Gasteiger partial charge in [0.05, 0.1) is 5.69 Å². The van der Waals surface area contributed by atoms with Crippen LogP contribution in [0.15, 0.2) is 6.07 Å². The number of aromatic amines is 1. The van der Waals surface area contributed by atoms with Crippen LogP contribution in [0.2, 0.25) is 0 Å². The Labute approximate surface area is 103 Å². The molecule has 4 nitrogen and oxygen atoms in total. The highest BCUT2D eigenvalue weighted by Crippen LogP contribution is 2.26. The molecular weight excluding hydrogens is 214 g/mol. The minimum atomic E-state index is 0.185. The van der Waals surface area contributed by atoms with Crippen molar-refractivity contribution in [3.63, 3.8) is 0 Å². The van der Waals surface area contributed by atoms with Crippen molar-refractivity contribution in [1.29, 1.82) is 0 Å². The predicted octanol–water partition coefficient (Wildman–Crippen LogP) is 1.53. The Morgan fingerprint density at radius 3 is 3.12 bits per heavy atom. The second kappa shape index (κ2) is 5.65. The summed E-state index contributed by atoms with van der Waals surface area (Å²) < 4.78 is 0. The SMILES string of the molecule is CC(C)N1CCCC(c2cc(CCO)[nH]n2)C1. The molecule has 0 radical (unpaired) electrons. The largest absolute Gasteiger partial charge is 0.396 e. The summed E-state index contributed by atoms with van der Waals surface area (Å²) in [7, 11) is 0. The van der Waals surface area contributed by atoms with Crippen LogP contribution in [-0.2, 0) is 6.42 Å². The number of hydrogen-bond acceptors (Lipinski definition) is 3. The summed E-state index contributed by atoms with van der Waals surface area (Å²) in [6.07, 6.45) is 3.16. The maximum atomic E-state index is 8.90. The zero-order valence-corrected chi connectivity index (χ0v) is 10.8. The first-order valence-electron chi connectivity index (χ1n) is 6.59. The summed E-state index contributed by atoms with van der Waals surface area (Å²) in [4.78, 5) is 2.52. The Hall–Kier alpha value is -0.870. The van der Waals surface area contributed by atoms with Gasteiger partial charge >= 0.3 is 0 Å². The fourth-order valence-electron chi connectivity index (χ4n) is 2.55. The van der Waals surface area contributed by atoms with Crippen LogP contribution in [0, 0.1) is 0 Å². The second-order valence-corrected chi connectivity index (χ2v) is 5.22. The van der Waals surface area contributed by atoms with Gasteiger partial charge in [0, 0.05) is 37.2 Å². The number of H-pyrrole nitrogens is 1. The van der Waals surface area contributed by atoms with Crippen LogP contribution in [0.4, 0.5) is 0 Å². The molecular formula is C13H23N3O. The average Bonchev–Trinajstić information content (AvgIpc) is 2.78. The third kappa shape index (κ3) is 3.07. The Kier molecular flexibility index (Phi) is 4.18. The van der Waals surface area contributed by atoms with Gasteiger partial charge in [-0.2, -0.15) is 5.10 Å². The molecule has 0 bridgehead atoms. The lowest BCUT2D eigenvalue weighted by Gasteiger charge is -2.34. The number of nitrogens with one attached hydrogen (secondary N) is 1. The number of piperidine rings is 1. The van der Waals surface area contributed by atoms with Gasteiger partial charge in [-0.15, -0.1) is 0 Å². The molecule has 0 aromatic carbocycles. The van der Waals surface area contributed by atoms with Crippen molar-refractivity contribution in [3.8, 4) is 0 Å². The van der Waals surface area contributed by atoms with Crippen LogP contribution >= 0.6 is 0 Å². The summed E-state index contributed by atoms with van der Waals surface area (Å²) >= 11 is 0. The molecule has 4 heteroatoms. The van der Waals surface area contributed by atoms with E-state index < -0.39 is 0 Å². The monoisotopic (exact) mass is 237 g/mol. The molecule has 0 amide bonds. The van der Waals surface area contributed by atoms with Gasteiger partial charge in [0.1, 0.15) is 0 Å². The Morgan fingerprint density at radius 2 is 2.41 bits per heavy atom. The fourth-order valence-corrected chi connectivity index (χ4v) is 2.55. The van der Waals surface area contributed by atoms with E-state index in [1.165, 1.54) is 25.1 Å². The normalized spacial score (nSPS) is 22.2. The molecule has 0 aliphatic carbocycles. The van der Waals surface area contributed by atoms with Gasteiger partial charge < -0.3 is 10.0 Å². The number of rotatable bonds is 4. The molecule has 2 heterocycles.